The predicted molar refractivity (Wildman–Crippen MR) is 84.0 cm³/mol. The van der Waals surface area contributed by atoms with E-state index < -0.39 is 18.0 Å². The van der Waals surface area contributed by atoms with Crippen molar-refractivity contribution < 1.29 is 27.4 Å². The van der Waals surface area contributed by atoms with Crippen LogP contribution in [0.15, 0.2) is 30.5 Å². The predicted octanol–water partition coefficient (Wildman–Crippen LogP) is 2.70. The molecule has 1 amide bonds. The van der Waals surface area contributed by atoms with Gasteiger partial charge in [-0.15, -0.1) is 13.2 Å². The van der Waals surface area contributed by atoms with E-state index in [1.807, 2.05) is 0 Å². The van der Waals surface area contributed by atoms with Crippen LogP contribution < -0.4 is 19.7 Å². The Morgan fingerprint density at radius 2 is 2.00 bits per heavy atom. The molecule has 0 aliphatic heterocycles. The van der Waals surface area contributed by atoms with Crippen molar-refractivity contribution in [2.45, 2.75) is 6.36 Å². The third-order valence-electron chi connectivity index (χ3n) is 2.93. The summed E-state index contributed by atoms with van der Waals surface area (Å²) in [4.78, 5) is 21.9. The van der Waals surface area contributed by atoms with Gasteiger partial charge < -0.3 is 19.7 Å². The molecule has 2 rings (SSSR count). The van der Waals surface area contributed by atoms with E-state index in [1.165, 1.54) is 25.4 Å². The maximum atomic E-state index is 12.3. The number of rotatable bonds is 5. The molecule has 7 nitrogen and oxygen atoms in total. The Morgan fingerprint density at radius 1 is 1.28 bits per heavy atom. The number of hydrogen-bond acceptors (Lipinski definition) is 6. The van der Waals surface area contributed by atoms with E-state index >= 15 is 0 Å². The minimum absolute atomic E-state index is 0.0118. The maximum Gasteiger partial charge on any atom is 0.573 e. The van der Waals surface area contributed by atoms with E-state index in [4.69, 9.17) is 4.74 Å². The zero-order chi connectivity index (χ0) is 18.6. The fourth-order valence-electron chi connectivity index (χ4n) is 1.91. The highest BCUT2D eigenvalue weighted by molar-refractivity contribution is 6.05. The van der Waals surface area contributed by atoms with Crippen LogP contribution in [-0.4, -0.2) is 43.4 Å². The molecule has 1 aromatic carbocycles. The molecule has 2 aromatic rings. The van der Waals surface area contributed by atoms with Gasteiger partial charge in [-0.2, -0.15) is 4.98 Å². The third kappa shape index (κ3) is 4.96. The van der Waals surface area contributed by atoms with Crippen molar-refractivity contribution in [3.8, 4) is 11.8 Å². The number of aromatic nitrogens is 2. The molecule has 0 saturated heterocycles. The monoisotopic (exact) mass is 356 g/mol. The van der Waals surface area contributed by atoms with E-state index in [0.29, 0.717) is 5.82 Å². The SMILES string of the molecule is COc1ncc(NC(=O)c2cccc(OC(F)(F)F)c2)c(N(C)C)n1. The van der Waals surface area contributed by atoms with Crippen molar-refractivity contribution in [2.75, 3.05) is 31.4 Å². The standard InChI is InChI=1S/C15H15F3N4O3/c1-22(2)12-11(8-19-14(21-12)24-3)20-13(23)9-5-4-6-10(7-9)25-15(16,17)18/h4-8H,1-3H3,(H,20,23). The van der Waals surface area contributed by atoms with Crippen LogP contribution in [0.5, 0.6) is 11.8 Å². The van der Waals surface area contributed by atoms with Gasteiger partial charge in [0, 0.05) is 19.7 Å². The van der Waals surface area contributed by atoms with Gasteiger partial charge >= 0.3 is 12.4 Å². The molecule has 0 fully saturated rings. The second-order valence-corrected chi connectivity index (χ2v) is 5.02. The number of nitrogens with zero attached hydrogens (tertiary/aromatic N) is 3. The van der Waals surface area contributed by atoms with Gasteiger partial charge in [-0.25, -0.2) is 4.98 Å². The van der Waals surface area contributed by atoms with E-state index in [-0.39, 0.29) is 17.3 Å². The van der Waals surface area contributed by atoms with Gasteiger partial charge in [-0.1, -0.05) is 6.07 Å². The van der Waals surface area contributed by atoms with Gasteiger partial charge in [-0.3, -0.25) is 4.79 Å². The smallest absolute Gasteiger partial charge is 0.467 e. The van der Waals surface area contributed by atoms with Crippen molar-refractivity contribution in [1.29, 1.82) is 0 Å². The Kier molecular flexibility index (Phi) is 5.30. The molecular weight excluding hydrogens is 341 g/mol. The molecule has 1 aromatic heterocycles. The summed E-state index contributed by atoms with van der Waals surface area (Å²) >= 11 is 0. The Hall–Kier alpha value is -3.04. The van der Waals surface area contributed by atoms with Crippen molar-refractivity contribution in [2.24, 2.45) is 0 Å². The lowest BCUT2D eigenvalue weighted by atomic mass is 10.2. The average molecular weight is 356 g/mol. The fraction of sp³-hybridized carbons (Fsp3) is 0.267. The minimum Gasteiger partial charge on any atom is -0.467 e. The summed E-state index contributed by atoms with van der Waals surface area (Å²) in [5, 5.41) is 2.55. The summed E-state index contributed by atoms with van der Waals surface area (Å²) in [6, 6.07) is 4.85. The van der Waals surface area contributed by atoms with Gasteiger partial charge in [0.05, 0.1) is 13.3 Å². The molecule has 0 aliphatic rings. The van der Waals surface area contributed by atoms with Gasteiger partial charge in [0.1, 0.15) is 11.4 Å². The van der Waals surface area contributed by atoms with Crippen LogP contribution in [0.1, 0.15) is 10.4 Å². The number of alkyl halides is 3. The van der Waals surface area contributed by atoms with Crippen LogP contribution in [0.2, 0.25) is 0 Å². The van der Waals surface area contributed by atoms with E-state index in [2.05, 4.69) is 20.0 Å². The van der Waals surface area contributed by atoms with Crippen LogP contribution in [0.25, 0.3) is 0 Å². The molecule has 0 radical (unpaired) electrons. The first-order valence-corrected chi connectivity index (χ1v) is 6.95. The number of methoxy groups -OCH3 is 1. The number of benzene rings is 1. The summed E-state index contributed by atoms with van der Waals surface area (Å²) in [5.41, 5.74) is 0.264. The highest BCUT2D eigenvalue weighted by atomic mass is 19.4. The molecule has 0 atom stereocenters. The summed E-state index contributed by atoms with van der Waals surface area (Å²) in [6.45, 7) is 0. The number of carbonyl (C=O) groups is 1. The molecule has 0 bridgehead atoms. The molecule has 134 valence electrons. The van der Waals surface area contributed by atoms with Crippen LogP contribution in [0.3, 0.4) is 0 Å². The second kappa shape index (κ2) is 7.24. The number of hydrogen-bond donors (Lipinski definition) is 1. The Labute approximate surface area is 141 Å². The zero-order valence-corrected chi connectivity index (χ0v) is 13.6. The largest absolute Gasteiger partial charge is 0.573 e. The van der Waals surface area contributed by atoms with E-state index in [9.17, 15) is 18.0 Å². The van der Waals surface area contributed by atoms with Crippen LogP contribution >= 0.6 is 0 Å². The van der Waals surface area contributed by atoms with Crippen LogP contribution in [0, 0.1) is 0 Å². The fourth-order valence-corrected chi connectivity index (χ4v) is 1.91. The third-order valence-corrected chi connectivity index (χ3v) is 2.93. The summed E-state index contributed by atoms with van der Waals surface area (Å²) in [5.74, 6) is -0.744. The highest BCUT2D eigenvalue weighted by Crippen LogP contribution is 2.26. The van der Waals surface area contributed by atoms with Gasteiger partial charge in [0.2, 0.25) is 0 Å². The Morgan fingerprint density at radius 3 is 2.60 bits per heavy atom. The lowest BCUT2D eigenvalue weighted by Crippen LogP contribution is -2.19. The molecule has 0 unspecified atom stereocenters. The number of anilines is 2. The molecule has 0 aliphatic carbocycles. The first-order valence-electron chi connectivity index (χ1n) is 6.95. The number of carbonyl (C=O) groups excluding carboxylic acids is 1. The summed E-state index contributed by atoms with van der Waals surface area (Å²) < 4.78 is 45.6. The first-order chi connectivity index (χ1) is 11.7. The van der Waals surface area contributed by atoms with Crippen LogP contribution in [0.4, 0.5) is 24.7 Å². The average Bonchev–Trinajstić information content (AvgIpc) is 2.53. The lowest BCUT2D eigenvalue weighted by Gasteiger charge is -2.17. The van der Waals surface area contributed by atoms with E-state index in [0.717, 1.165) is 12.1 Å². The first kappa shape index (κ1) is 18.3. The molecule has 1 heterocycles. The van der Waals surface area contributed by atoms with Crippen molar-refractivity contribution in [3.05, 3.63) is 36.0 Å². The number of halogens is 3. The Balaban J connectivity index is 2.24. The van der Waals surface area contributed by atoms with Gasteiger partial charge in [-0.05, 0) is 18.2 Å². The van der Waals surface area contributed by atoms with Gasteiger partial charge in [0.25, 0.3) is 5.91 Å². The normalized spacial score (nSPS) is 11.0. The molecule has 10 heteroatoms. The number of amides is 1. The topological polar surface area (TPSA) is 76.6 Å². The molecule has 0 saturated carbocycles. The van der Waals surface area contributed by atoms with Gasteiger partial charge in [0.15, 0.2) is 5.82 Å². The zero-order valence-electron chi connectivity index (χ0n) is 13.6. The van der Waals surface area contributed by atoms with E-state index in [1.54, 1.807) is 19.0 Å². The molecule has 0 spiro atoms. The molecular formula is C15H15F3N4O3. The number of ether oxygens (including phenoxy) is 2. The van der Waals surface area contributed by atoms with Crippen molar-refractivity contribution in [1.82, 2.24) is 9.97 Å². The molecule has 1 N–H and O–H groups in total. The number of nitrogens with one attached hydrogen (secondary N) is 1. The molecule has 25 heavy (non-hydrogen) atoms. The minimum atomic E-state index is -4.84. The Bertz CT molecular complexity index is 766. The van der Waals surface area contributed by atoms with Crippen molar-refractivity contribution >= 4 is 17.4 Å². The highest BCUT2D eigenvalue weighted by Gasteiger charge is 2.31. The lowest BCUT2D eigenvalue weighted by molar-refractivity contribution is -0.274. The quantitative estimate of drug-likeness (QED) is 0.888. The summed E-state index contributed by atoms with van der Waals surface area (Å²) in [6.07, 6.45) is -3.49. The maximum absolute atomic E-state index is 12.3. The van der Waals surface area contributed by atoms with Crippen LogP contribution in [-0.2, 0) is 0 Å². The summed E-state index contributed by atoms with van der Waals surface area (Å²) in [7, 11) is 4.81. The van der Waals surface area contributed by atoms with Crippen molar-refractivity contribution in [3.63, 3.8) is 0 Å². The second-order valence-electron chi connectivity index (χ2n) is 5.02.